The molecule has 28 heavy (non-hydrogen) atoms. The van der Waals surface area contributed by atoms with Gasteiger partial charge in [-0.25, -0.2) is 4.98 Å². The smallest absolute Gasteiger partial charge is 0.255 e. The Hall–Kier alpha value is -3.34. The van der Waals surface area contributed by atoms with Crippen molar-refractivity contribution in [2.45, 2.75) is 26.4 Å². The van der Waals surface area contributed by atoms with Crippen LogP contribution in [0.3, 0.4) is 0 Å². The highest BCUT2D eigenvalue weighted by molar-refractivity contribution is 6.04. The lowest BCUT2D eigenvalue weighted by Crippen LogP contribution is -2.13. The molecule has 0 atom stereocenters. The van der Waals surface area contributed by atoms with Crippen LogP contribution in [0.1, 0.15) is 29.8 Å². The lowest BCUT2D eigenvalue weighted by molar-refractivity contribution is 0.102. The van der Waals surface area contributed by atoms with Crippen molar-refractivity contribution in [3.63, 3.8) is 0 Å². The molecule has 5 heteroatoms. The van der Waals surface area contributed by atoms with Crippen molar-refractivity contribution < 1.29 is 9.53 Å². The van der Waals surface area contributed by atoms with Crippen molar-refractivity contribution in [1.29, 1.82) is 0 Å². The van der Waals surface area contributed by atoms with Crippen LogP contribution in [0, 0.1) is 0 Å². The van der Waals surface area contributed by atoms with E-state index >= 15 is 0 Å². The van der Waals surface area contributed by atoms with Crippen LogP contribution in [0.15, 0.2) is 72.9 Å². The van der Waals surface area contributed by atoms with Crippen molar-refractivity contribution in [2.24, 2.45) is 0 Å². The molecule has 0 spiro atoms. The Balaban J connectivity index is 1.56. The first kappa shape index (κ1) is 19.4. The van der Waals surface area contributed by atoms with Crippen molar-refractivity contribution in [1.82, 2.24) is 4.98 Å². The van der Waals surface area contributed by atoms with Gasteiger partial charge in [0, 0.05) is 24.0 Å². The highest BCUT2D eigenvalue weighted by atomic mass is 16.5. The number of carbonyl (C=O) groups is 1. The number of nitrogens with zero attached hydrogens (tertiary/aromatic N) is 1. The van der Waals surface area contributed by atoms with Crippen LogP contribution in [0.2, 0.25) is 0 Å². The molecule has 0 saturated heterocycles. The molecular formula is C23H25N3O2. The molecule has 3 rings (SSSR count). The van der Waals surface area contributed by atoms with Gasteiger partial charge in [-0.1, -0.05) is 30.3 Å². The standard InChI is InChI=1S/C23H25N3O2/c1-17(2)28-21-10-8-20(9-11-21)26-23(27)19-13-15-25-22(16-19)24-14-12-18-6-4-3-5-7-18/h3-11,13,15-17H,12,14H2,1-2H3,(H,24,25)(H,26,27). The lowest BCUT2D eigenvalue weighted by atomic mass is 10.1. The van der Waals surface area contributed by atoms with Crippen molar-refractivity contribution in [3.8, 4) is 5.75 Å². The SMILES string of the molecule is CC(C)Oc1ccc(NC(=O)c2ccnc(NCCc3ccccc3)c2)cc1. The maximum absolute atomic E-state index is 12.5. The van der Waals surface area contributed by atoms with Gasteiger partial charge < -0.3 is 15.4 Å². The van der Waals surface area contributed by atoms with Crippen LogP contribution in [-0.4, -0.2) is 23.5 Å². The van der Waals surface area contributed by atoms with Gasteiger partial charge in [0.25, 0.3) is 5.91 Å². The highest BCUT2D eigenvalue weighted by Gasteiger charge is 2.08. The summed E-state index contributed by atoms with van der Waals surface area (Å²) in [4.78, 5) is 16.8. The molecule has 0 fully saturated rings. The van der Waals surface area contributed by atoms with Gasteiger partial charge in [0.05, 0.1) is 6.10 Å². The van der Waals surface area contributed by atoms with Crippen molar-refractivity contribution >= 4 is 17.4 Å². The first-order valence-electron chi connectivity index (χ1n) is 9.42. The fourth-order valence-electron chi connectivity index (χ4n) is 2.74. The summed E-state index contributed by atoms with van der Waals surface area (Å²) in [6, 6.07) is 21.1. The first-order valence-corrected chi connectivity index (χ1v) is 9.42. The van der Waals surface area contributed by atoms with E-state index < -0.39 is 0 Å². The number of aromatic nitrogens is 1. The summed E-state index contributed by atoms with van der Waals surface area (Å²) in [7, 11) is 0. The summed E-state index contributed by atoms with van der Waals surface area (Å²) >= 11 is 0. The van der Waals surface area contributed by atoms with E-state index in [1.165, 1.54) is 5.56 Å². The fraction of sp³-hybridized carbons (Fsp3) is 0.217. The number of hydrogen-bond acceptors (Lipinski definition) is 4. The maximum Gasteiger partial charge on any atom is 0.255 e. The zero-order chi connectivity index (χ0) is 19.8. The second-order valence-corrected chi connectivity index (χ2v) is 6.74. The molecule has 5 nitrogen and oxygen atoms in total. The molecule has 1 heterocycles. The summed E-state index contributed by atoms with van der Waals surface area (Å²) in [6.45, 7) is 4.70. The van der Waals surface area contributed by atoms with Crippen LogP contribution in [0.4, 0.5) is 11.5 Å². The van der Waals surface area contributed by atoms with Crippen molar-refractivity contribution in [3.05, 3.63) is 84.1 Å². The highest BCUT2D eigenvalue weighted by Crippen LogP contribution is 2.18. The number of amides is 1. The summed E-state index contributed by atoms with van der Waals surface area (Å²) in [5.74, 6) is 1.29. The Morgan fingerprint density at radius 3 is 2.50 bits per heavy atom. The second kappa shape index (κ2) is 9.55. The Kier molecular flexibility index (Phi) is 6.63. The topological polar surface area (TPSA) is 63.2 Å². The minimum Gasteiger partial charge on any atom is -0.491 e. The number of pyridine rings is 1. The van der Waals surface area contributed by atoms with Crippen LogP contribution in [-0.2, 0) is 6.42 Å². The van der Waals surface area contributed by atoms with Crippen LogP contribution in [0.25, 0.3) is 0 Å². The second-order valence-electron chi connectivity index (χ2n) is 6.74. The van der Waals surface area contributed by atoms with E-state index in [0.29, 0.717) is 11.4 Å². The maximum atomic E-state index is 12.5. The van der Waals surface area contributed by atoms with E-state index in [0.717, 1.165) is 24.4 Å². The van der Waals surface area contributed by atoms with Gasteiger partial charge >= 0.3 is 0 Å². The molecule has 0 bridgehead atoms. The minimum atomic E-state index is -0.175. The molecule has 0 radical (unpaired) electrons. The summed E-state index contributed by atoms with van der Waals surface area (Å²) < 4.78 is 5.61. The average molecular weight is 375 g/mol. The molecule has 1 amide bonds. The van der Waals surface area contributed by atoms with Gasteiger partial charge in [-0.3, -0.25) is 4.79 Å². The molecule has 0 aliphatic rings. The molecule has 2 N–H and O–H groups in total. The molecule has 2 aromatic carbocycles. The first-order chi connectivity index (χ1) is 13.6. The Labute approximate surface area is 165 Å². The Morgan fingerprint density at radius 1 is 1.04 bits per heavy atom. The zero-order valence-corrected chi connectivity index (χ0v) is 16.2. The minimum absolute atomic E-state index is 0.116. The monoisotopic (exact) mass is 375 g/mol. The van der Waals surface area contributed by atoms with Gasteiger partial charge in [0.2, 0.25) is 0 Å². The van der Waals surface area contributed by atoms with E-state index in [2.05, 4.69) is 27.8 Å². The molecule has 3 aromatic rings. The van der Waals surface area contributed by atoms with E-state index in [-0.39, 0.29) is 12.0 Å². The largest absolute Gasteiger partial charge is 0.491 e. The quantitative estimate of drug-likeness (QED) is 0.595. The molecule has 0 aliphatic carbocycles. The Morgan fingerprint density at radius 2 is 1.79 bits per heavy atom. The van der Waals surface area contributed by atoms with Gasteiger partial charge in [-0.15, -0.1) is 0 Å². The molecule has 0 aliphatic heterocycles. The number of anilines is 2. The van der Waals surface area contributed by atoms with E-state index in [9.17, 15) is 4.79 Å². The van der Waals surface area contributed by atoms with Crippen LogP contribution in [0.5, 0.6) is 5.75 Å². The van der Waals surface area contributed by atoms with Gasteiger partial charge in [-0.05, 0) is 62.2 Å². The average Bonchev–Trinajstić information content (AvgIpc) is 2.70. The third-order valence-electron chi connectivity index (χ3n) is 4.07. The van der Waals surface area contributed by atoms with E-state index in [1.807, 2.05) is 56.3 Å². The number of benzene rings is 2. The lowest BCUT2D eigenvalue weighted by Gasteiger charge is -2.11. The third-order valence-corrected chi connectivity index (χ3v) is 4.07. The molecule has 1 aromatic heterocycles. The number of ether oxygens (including phenoxy) is 1. The number of rotatable bonds is 8. The Bertz CT molecular complexity index is 893. The summed E-state index contributed by atoms with van der Waals surface area (Å²) in [5, 5.41) is 6.17. The molecule has 144 valence electrons. The van der Waals surface area contributed by atoms with Crippen LogP contribution < -0.4 is 15.4 Å². The molecule has 0 saturated carbocycles. The predicted molar refractivity (Wildman–Crippen MR) is 113 cm³/mol. The van der Waals surface area contributed by atoms with Crippen molar-refractivity contribution in [2.75, 3.05) is 17.2 Å². The predicted octanol–water partition coefficient (Wildman–Crippen LogP) is 4.78. The number of carbonyl (C=O) groups excluding carboxylic acids is 1. The van der Waals surface area contributed by atoms with E-state index in [4.69, 9.17) is 4.74 Å². The third kappa shape index (κ3) is 5.84. The normalized spacial score (nSPS) is 10.5. The summed E-state index contributed by atoms with van der Waals surface area (Å²) in [5.41, 5.74) is 2.53. The molecule has 0 unspecified atom stereocenters. The fourth-order valence-corrected chi connectivity index (χ4v) is 2.74. The van der Waals surface area contributed by atoms with Gasteiger partial charge in [0.15, 0.2) is 0 Å². The zero-order valence-electron chi connectivity index (χ0n) is 16.2. The van der Waals surface area contributed by atoms with Crippen LogP contribution >= 0.6 is 0 Å². The van der Waals surface area contributed by atoms with Gasteiger partial charge in [0.1, 0.15) is 11.6 Å². The number of nitrogens with one attached hydrogen (secondary N) is 2. The summed E-state index contributed by atoms with van der Waals surface area (Å²) in [6.07, 6.45) is 2.65. The van der Waals surface area contributed by atoms with Gasteiger partial charge in [-0.2, -0.15) is 0 Å². The molecular weight excluding hydrogens is 350 g/mol. The van der Waals surface area contributed by atoms with E-state index in [1.54, 1.807) is 18.3 Å². The number of hydrogen-bond donors (Lipinski definition) is 2.